The van der Waals surface area contributed by atoms with Crippen LogP contribution in [0.4, 0.5) is 11.8 Å². The van der Waals surface area contributed by atoms with Gasteiger partial charge in [0.2, 0.25) is 11.9 Å². The Hall–Kier alpha value is -3.13. The van der Waals surface area contributed by atoms with Gasteiger partial charge in [-0.1, -0.05) is 25.0 Å². The van der Waals surface area contributed by atoms with E-state index in [1.54, 1.807) is 18.6 Å². The third-order valence-electron chi connectivity index (χ3n) is 6.54. The fourth-order valence-electron chi connectivity index (χ4n) is 4.58. The van der Waals surface area contributed by atoms with Crippen LogP contribution in [0, 0.1) is 5.92 Å². The minimum absolute atomic E-state index is 0.0246. The Morgan fingerprint density at radius 2 is 1.84 bits per heavy atom. The molecule has 32 heavy (non-hydrogen) atoms. The molecule has 3 heterocycles. The Morgan fingerprint density at radius 1 is 1.03 bits per heavy atom. The van der Waals surface area contributed by atoms with Crippen LogP contribution in [0.2, 0.25) is 0 Å². The summed E-state index contributed by atoms with van der Waals surface area (Å²) in [5.41, 5.74) is 2.50. The molecule has 1 aromatic carbocycles. The normalized spacial score (nSPS) is 18.2. The van der Waals surface area contributed by atoms with E-state index in [0.717, 1.165) is 79.6 Å². The van der Waals surface area contributed by atoms with Gasteiger partial charge in [0.1, 0.15) is 5.82 Å². The molecule has 2 aliphatic rings. The highest BCUT2D eigenvalue weighted by Crippen LogP contribution is 2.27. The molecule has 1 aliphatic heterocycles. The molecule has 0 radical (unpaired) electrons. The minimum atomic E-state index is 0.0246. The Kier molecular flexibility index (Phi) is 5.94. The number of carbonyl (C=O) groups is 1. The van der Waals surface area contributed by atoms with Crippen LogP contribution in [-0.4, -0.2) is 56.9 Å². The molecule has 0 bridgehead atoms. The number of likely N-dealkylation sites (tertiary alicyclic amines) is 1. The van der Waals surface area contributed by atoms with Crippen LogP contribution >= 0.6 is 0 Å². The van der Waals surface area contributed by atoms with Crippen LogP contribution in [0.5, 0.6) is 0 Å². The van der Waals surface area contributed by atoms with Crippen LogP contribution in [0.3, 0.4) is 0 Å². The number of amides is 1. The number of anilines is 2. The van der Waals surface area contributed by atoms with Gasteiger partial charge in [0.15, 0.2) is 0 Å². The summed E-state index contributed by atoms with van der Waals surface area (Å²) in [5, 5.41) is 7.34. The van der Waals surface area contributed by atoms with Gasteiger partial charge >= 0.3 is 0 Å². The van der Waals surface area contributed by atoms with Crippen LogP contribution < -0.4 is 10.6 Å². The van der Waals surface area contributed by atoms with Gasteiger partial charge in [0.05, 0.1) is 23.6 Å². The molecule has 1 saturated heterocycles. The van der Waals surface area contributed by atoms with E-state index in [9.17, 15) is 4.79 Å². The van der Waals surface area contributed by atoms with Gasteiger partial charge in [-0.05, 0) is 51.9 Å². The van der Waals surface area contributed by atoms with Crippen molar-refractivity contribution in [3.8, 4) is 11.3 Å². The molecule has 2 N–H and O–H groups in total. The number of benzene rings is 1. The second kappa shape index (κ2) is 9.16. The lowest BCUT2D eigenvalue weighted by atomic mass is 10.1. The highest BCUT2D eigenvalue weighted by Gasteiger charge is 2.23. The monoisotopic (exact) mass is 431 g/mol. The summed E-state index contributed by atoms with van der Waals surface area (Å²) in [6.07, 6.45) is 11.6. The van der Waals surface area contributed by atoms with Crippen LogP contribution in [0.25, 0.3) is 22.2 Å². The topological polar surface area (TPSA) is 95.9 Å². The molecule has 0 unspecified atom stereocenters. The molecule has 5 rings (SSSR count). The number of piperidine rings is 1. The highest BCUT2D eigenvalue weighted by atomic mass is 16.2. The first-order valence-corrected chi connectivity index (χ1v) is 11.5. The maximum Gasteiger partial charge on any atom is 0.229 e. The quantitative estimate of drug-likeness (QED) is 0.635. The first kappa shape index (κ1) is 20.8. The molecule has 1 amide bonds. The van der Waals surface area contributed by atoms with Gasteiger partial charge in [-0.25, -0.2) is 15.0 Å². The molecule has 0 spiro atoms. The number of nitrogens with one attached hydrogen (secondary N) is 2. The van der Waals surface area contributed by atoms with Crippen LogP contribution in [0.15, 0.2) is 36.8 Å². The predicted molar refractivity (Wildman–Crippen MR) is 125 cm³/mol. The number of hydrogen-bond donors (Lipinski definition) is 2. The molecule has 2 aromatic heterocycles. The summed E-state index contributed by atoms with van der Waals surface area (Å²) in [7, 11) is 2.16. The fraction of sp³-hybridized carbons (Fsp3) is 0.458. The average Bonchev–Trinajstić information content (AvgIpc) is 3.36. The van der Waals surface area contributed by atoms with E-state index < -0.39 is 0 Å². The molecule has 8 nitrogen and oxygen atoms in total. The van der Waals surface area contributed by atoms with E-state index in [1.807, 2.05) is 18.2 Å². The maximum absolute atomic E-state index is 12.4. The number of aromatic nitrogens is 4. The van der Waals surface area contributed by atoms with Crippen LogP contribution in [0.1, 0.15) is 38.5 Å². The van der Waals surface area contributed by atoms with Crippen molar-refractivity contribution < 1.29 is 4.79 Å². The first-order chi connectivity index (χ1) is 15.6. The van der Waals surface area contributed by atoms with Crippen molar-refractivity contribution in [2.24, 2.45) is 5.92 Å². The van der Waals surface area contributed by atoms with Crippen molar-refractivity contribution >= 4 is 28.6 Å². The smallest absolute Gasteiger partial charge is 0.229 e. The Balaban J connectivity index is 1.34. The average molecular weight is 432 g/mol. The fourth-order valence-corrected chi connectivity index (χ4v) is 4.58. The number of rotatable bonds is 5. The lowest BCUT2D eigenvalue weighted by Crippen LogP contribution is -2.36. The van der Waals surface area contributed by atoms with Gasteiger partial charge in [0.25, 0.3) is 0 Å². The third kappa shape index (κ3) is 4.70. The molecular weight excluding hydrogens is 402 g/mol. The van der Waals surface area contributed by atoms with Crippen LogP contribution in [-0.2, 0) is 4.79 Å². The summed E-state index contributed by atoms with van der Waals surface area (Å²) in [6.45, 7) is 2.18. The van der Waals surface area contributed by atoms with Crippen molar-refractivity contribution in [2.75, 3.05) is 30.8 Å². The first-order valence-electron chi connectivity index (χ1n) is 11.5. The number of hydrogen-bond acceptors (Lipinski definition) is 7. The van der Waals surface area contributed by atoms with Crippen molar-refractivity contribution in [1.29, 1.82) is 0 Å². The molecular formula is C24H29N7O. The lowest BCUT2D eigenvalue weighted by molar-refractivity contribution is -0.119. The Bertz CT molecular complexity index is 1100. The molecule has 1 saturated carbocycles. The van der Waals surface area contributed by atoms with E-state index in [2.05, 4.69) is 37.5 Å². The van der Waals surface area contributed by atoms with E-state index in [1.165, 1.54) is 0 Å². The van der Waals surface area contributed by atoms with Crippen molar-refractivity contribution in [3.05, 3.63) is 36.8 Å². The van der Waals surface area contributed by atoms with E-state index in [-0.39, 0.29) is 11.8 Å². The standard InChI is InChI=1S/C24H29N7O/c1-31-10-8-19(9-11-31)27-22-15-25-14-21(28-22)17-6-7-18-13-26-24(29-20(18)12-17)30-23(32)16-4-2-3-5-16/h6-7,12-16,19H,2-5,8-11H2,1H3,(H,27,28)(H,26,29,30,32). The summed E-state index contributed by atoms with van der Waals surface area (Å²) < 4.78 is 0. The third-order valence-corrected chi connectivity index (χ3v) is 6.54. The summed E-state index contributed by atoms with van der Waals surface area (Å²) in [5.74, 6) is 1.26. The van der Waals surface area contributed by atoms with Gasteiger partial charge in [0, 0.05) is 29.1 Å². The molecule has 3 aromatic rings. The predicted octanol–water partition coefficient (Wildman–Crippen LogP) is 3.72. The lowest BCUT2D eigenvalue weighted by Gasteiger charge is -2.29. The molecule has 2 fully saturated rings. The number of nitrogens with zero attached hydrogens (tertiary/aromatic N) is 5. The zero-order valence-corrected chi connectivity index (χ0v) is 18.4. The maximum atomic E-state index is 12.4. The Morgan fingerprint density at radius 3 is 2.66 bits per heavy atom. The second-order valence-electron chi connectivity index (χ2n) is 8.95. The zero-order valence-electron chi connectivity index (χ0n) is 18.4. The van der Waals surface area contributed by atoms with Crippen molar-refractivity contribution in [2.45, 2.75) is 44.6 Å². The molecule has 0 atom stereocenters. The number of fused-ring (bicyclic) bond motifs is 1. The Labute approximate surface area is 187 Å². The second-order valence-corrected chi connectivity index (χ2v) is 8.95. The van der Waals surface area contributed by atoms with Gasteiger partial charge in [-0.2, -0.15) is 0 Å². The summed E-state index contributed by atoms with van der Waals surface area (Å²) >= 11 is 0. The summed E-state index contributed by atoms with van der Waals surface area (Å²) in [4.78, 5) is 32.9. The zero-order chi connectivity index (χ0) is 21.9. The van der Waals surface area contributed by atoms with E-state index in [0.29, 0.717) is 12.0 Å². The van der Waals surface area contributed by atoms with E-state index in [4.69, 9.17) is 4.98 Å². The molecule has 166 valence electrons. The van der Waals surface area contributed by atoms with Gasteiger partial charge in [-0.15, -0.1) is 0 Å². The molecule has 1 aliphatic carbocycles. The van der Waals surface area contributed by atoms with Gasteiger partial charge in [-0.3, -0.25) is 15.1 Å². The highest BCUT2D eigenvalue weighted by molar-refractivity contribution is 5.92. The largest absolute Gasteiger partial charge is 0.366 e. The minimum Gasteiger partial charge on any atom is -0.366 e. The van der Waals surface area contributed by atoms with Crippen molar-refractivity contribution in [3.63, 3.8) is 0 Å². The molecule has 8 heteroatoms. The van der Waals surface area contributed by atoms with E-state index >= 15 is 0 Å². The van der Waals surface area contributed by atoms with Gasteiger partial charge < -0.3 is 10.2 Å². The summed E-state index contributed by atoms with van der Waals surface area (Å²) in [6, 6.07) is 6.38. The van der Waals surface area contributed by atoms with Crippen molar-refractivity contribution in [1.82, 2.24) is 24.8 Å². The number of carbonyl (C=O) groups excluding carboxylic acids is 1. The SMILES string of the molecule is CN1CCC(Nc2cncc(-c3ccc4cnc(NC(=O)C5CCCC5)nc4c3)n2)CC1.